The zero-order valence-corrected chi connectivity index (χ0v) is 29.0. The third-order valence-electron chi connectivity index (χ3n) is 10.7. The molecule has 0 saturated heterocycles. The van der Waals surface area contributed by atoms with E-state index >= 15 is 0 Å². The molecule has 0 heterocycles. The Morgan fingerprint density at radius 1 is 0.241 bits per heavy atom. The zero-order valence-electron chi connectivity index (χ0n) is 29.0. The Labute approximate surface area is 333 Å². The van der Waals surface area contributed by atoms with Crippen LogP contribution in [0, 0.1) is 0 Å². The average molecular weight is 644 g/mol. The molecule has 8 aromatic carbocycles. The van der Waals surface area contributed by atoms with Crippen LogP contribution in [0.4, 0.5) is 0 Å². The second-order valence-corrected chi connectivity index (χ2v) is 13.4. The summed E-state index contributed by atoms with van der Waals surface area (Å²) in [6.45, 7) is 0. The van der Waals surface area contributed by atoms with E-state index in [4.69, 9.17) is 110 Å². The van der Waals surface area contributed by atoms with Crippen molar-refractivity contribution in [3.05, 3.63) is 72.8 Å². The van der Waals surface area contributed by atoms with Crippen molar-refractivity contribution in [3.63, 3.8) is 0 Å². The summed E-state index contributed by atoms with van der Waals surface area (Å²) >= 11 is 0. The van der Waals surface area contributed by atoms with Gasteiger partial charge in [0.05, 0.1) is 0 Å². The molecular formula is C40H12B14. The number of benzene rings is 8. The molecule has 0 aliphatic carbocycles. The fraction of sp³-hybridized carbons (Fsp3) is 0. The SMILES string of the molecule is [B]c1c([B])c([B])c2c(-c3c4c([B])c([B])c([B])c([B])c4c(-c4ccccc4)c4c([B])c([B])c([B])c([B])c34)c([B])c([B])c(-c3cccc4ccccc34)c2c1[B]. The van der Waals surface area contributed by atoms with Gasteiger partial charge in [0.15, 0.2) is 0 Å². The van der Waals surface area contributed by atoms with E-state index in [2.05, 4.69) is 0 Å². The van der Waals surface area contributed by atoms with E-state index in [1.54, 1.807) is 0 Å². The second kappa shape index (κ2) is 13.2. The summed E-state index contributed by atoms with van der Waals surface area (Å²) in [7, 11) is 95.8. The first-order valence-electron chi connectivity index (χ1n) is 16.8. The molecule has 0 aromatic heterocycles. The van der Waals surface area contributed by atoms with E-state index in [0.29, 0.717) is 54.6 Å². The number of hydrogen-bond donors (Lipinski definition) is 0. The summed E-state index contributed by atoms with van der Waals surface area (Å²) in [4.78, 5) is 0. The average Bonchev–Trinajstić information content (AvgIpc) is 3.18. The highest BCUT2D eigenvalue weighted by molar-refractivity contribution is 6.73. The minimum atomic E-state index is 0.0223. The largest absolute Gasteiger partial charge is 0.113 e. The third-order valence-corrected chi connectivity index (χ3v) is 10.7. The number of rotatable bonds is 3. The highest BCUT2D eigenvalue weighted by Crippen LogP contribution is 2.42. The molecule has 214 valence electrons. The van der Waals surface area contributed by atoms with E-state index < -0.39 is 0 Å². The van der Waals surface area contributed by atoms with Crippen LogP contribution >= 0.6 is 0 Å². The van der Waals surface area contributed by atoms with Gasteiger partial charge < -0.3 is 0 Å². The maximum atomic E-state index is 7.26. The lowest BCUT2D eigenvalue weighted by molar-refractivity contribution is 1.69. The van der Waals surface area contributed by atoms with Gasteiger partial charge in [0, 0.05) is 0 Å². The van der Waals surface area contributed by atoms with E-state index in [9.17, 15) is 0 Å². The van der Waals surface area contributed by atoms with Crippen LogP contribution in [0.1, 0.15) is 0 Å². The maximum Gasteiger partial charge on any atom is 0.113 e. The predicted octanol–water partition coefficient (Wildman–Crippen LogP) is -5.59. The summed E-state index contributed by atoms with van der Waals surface area (Å²) in [6.07, 6.45) is 0. The molecule has 0 unspecified atom stereocenters. The molecule has 8 rings (SSSR count). The summed E-state index contributed by atoms with van der Waals surface area (Å²) in [5.41, 5.74) is 4.01. The molecule has 0 spiro atoms. The lowest BCUT2D eigenvalue weighted by Crippen LogP contribution is -2.50. The van der Waals surface area contributed by atoms with Gasteiger partial charge in [0.2, 0.25) is 0 Å². The van der Waals surface area contributed by atoms with Gasteiger partial charge in [-0.1, -0.05) is 116 Å². The highest BCUT2D eigenvalue weighted by atomic mass is 14.3. The van der Waals surface area contributed by atoms with Gasteiger partial charge in [-0.15, -0.1) is 32.8 Å². The standard InChI is InChI=1S/C40H12B14/c41-27-18(16-12-6-10-13-7-4-5-11-15(13)16)22-26(34(48)40(54)37(51)31(22)45)25(28(27)42)19-23-20(29(43)35(49)38(52)32(23)46)17(14-8-2-1-3-9-14)21-24(19)33(47)39(53)36(50)30(21)44/h1-12H. The molecule has 14 heteroatoms. The van der Waals surface area contributed by atoms with E-state index in [-0.39, 0.29) is 82.0 Å². The van der Waals surface area contributed by atoms with Crippen LogP contribution in [0.3, 0.4) is 0 Å². The first-order chi connectivity index (χ1) is 25.7. The van der Waals surface area contributed by atoms with Crippen molar-refractivity contribution < 1.29 is 0 Å². The molecule has 0 bridgehead atoms. The van der Waals surface area contributed by atoms with E-state index in [1.165, 1.54) is 0 Å². The predicted molar refractivity (Wildman–Crippen MR) is 248 cm³/mol. The molecule has 0 amide bonds. The van der Waals surface area contributed by atoms with Crippen LogP contribution in [0.5, 0.6) is 0 Å². The van der Waals surface area contributed by atoms with Crippen molar-refractivity contribution in [2.24, 2.45) is 0 Å². The minimum Gasteiger partial charge on any atom is -0.110 e. The first-order valence-corrected chi connectivity index (χ1v) is 16.8. The van der Waals surface area contributed by atoms with Gasteiger partial charge in [-0.25, -0.2) is 0 Å². The monoisotopic (exact) mass is 646 g/mol. The van der Waals surface area contributed by atoms with Crippen molar-refractivity contribution in [2.45, 2.75) is 0 Å². The molecule has 54 heavy (non-hydrogen) atoms. The fourth-order valence-electron chi connectivity index (χ4n) is 7.96. The Bertz CT molecular complexity index is 2890. The molecular weight excluding hydrogens is 632 g/mol. The summed E-state index contributed by atoms with van der Waals surface area (Å²) in [5, 5.41) is 3.93. The van der Waals surface area contributed by atoms with Crippen molar-refractivity contribution >= 4 is 229 Å². The van der Waals surface area contributed by atoms with Gasteiger partial charge in [-0.05, 0) is 76.5 Å². The third kappa shape index (κ3) is 4.97. The molecule has 28 radical (unpaired) electrons. The first kappa shape index (κ1) is 36.7. The molecule has 0 saturated carbocycles. The summed E-state index contributed by atoms with van der Waals surface area (Å²) in [6, 6.07) is 23.0. The van der Waals surface area contributed by atoms with Gasteiger partial charge >= 0.3 is 0 Å². The smallest absolute Gasteiger partial charge is 0.110 e. The van der Waals surface area contributed by atoms with Crippen LogP contribution < -0.4 is 76.5 Å². The van der Waals surface area contributed by atoms with Gasteiger partial charge in [-0.3, -0.25) is 0 Å². The van der Waals surface area contributed by atoms with Crippen LogP contribution in [-0.2, 0) is 0 Å². The Morgan fingerprint density at radius 2 is 0.593 bits per heavy atom. The fourth-order valence-corrected chi connectivity index (χ4v) is 7.96. The Hall–Kier alpha value is -4.29. The van der Waals surface area contributed by atoms with Crippen LogP contribution in [-0.4, -0.2) is 110 Å². The Morgan fingerprint density at radius 3 is 1.07 bits per heavy atom. The van der Waals surface area contributed by atoms with E-state index in [1.807, 2.05) is 72.8 Å². The zero-order chi connectivity index (χ0) is 38.7. The summed E-state index contributed by atoms with van der Waals surface area (Å²) in [5.74, 6) is 0. The van der Waals surface area contributed by atoms with Crippen molar-refractivity contribution in [1.82, 2.24) is 0 Å². The Kier molecular flexibility index (Phi) is 8.95. The molecule has 0 aliphatic heterocycles. The van der Waals surface area contributed by atoms with Crippen LogP contribution in [0.25, 0.3) is 76.5 Å². The van der Waals surface area contributed by atoms with Crippen LogP contribution in [0.15, 0.2) is 72.8 Å². The molecule has 0 N–H and O–H groups in total. The van der Waals surface area contributed by atoms with Crippen molar-refractivity contribution in [2.75, 3.05) is 0 Å². The number of fused-ring (bicyclic) bond motifs is 4. The summed E-state index contributed by atoms with van der Waals surface area (Å²) < 4.78 is 0. The molecule has 0 atom stereocenters. The lowest BCUT2D eigenvalue weighted by atomic mass is 9.57. The molecule has 8 aromatic rings. The molecule has 0 aliphatic rings. The van der Waals surface area contributed by atoms with E-state index in [0.717, 1.165) is 16.3 Å². The van der Waals surface area contributed by atoms with Gasteiger partial charge in [0.25, 0.3) is 0 Å². The van der Waals surface area contributed by atoms with Crippen LogP contribution in [0.2, 0.25) is 0 Å². The van der Waals surface area contributed by atoms with Gasteiger partial charge in [0.1, 0.15) is 110 Å². The Balaban J connectivity index is 1.76. The lowest BCUT2D eigenvalue weighted by Gasteiger charge is -2.32. The van der Waals surface area contributed by atoms with Crippen molar-refractivity contribution in [1.29, 1.82) is 0 Å². The normalized spacial score (nSPS) is 11.6. The minimum absolute atomic E-state index is 0.0223. The molecule has 0 nitrogen and oxygen atoms in total. The quantitative estimate of drug-likeness (QED) is 0.133. The second-order valence-electron chi connectivity index (χ2n) is 13.4. The van der Waals surface area contributed by atoms with Crippen molar-refractivity contribution in [3.8, 4) is 33.4 Å². The topological polar surface area (TPSA) is 0 Å². The molecule has 0 fully saturated rings. The highest BCUT2D eigenvalue weighted by Gasteiger charge is 2.28. The van der Waals surface area contributed by atoms with Gasteiger partial charge in [-0.2, -0.15) is 0 Å². The maximum absolute atomic E-state index is 7.26. The number of hydrogen-bond acceptors (Lipinski definition) is 0.